The maximum absolute atomic E-state index is 12.5. The van der Waals surface area contributed by atoms with Gasteiger partial charge >= 0.3 is 0 Å². The van der Waals surface area contributed by atoms with E-state index in [0.717, 1.165) is 5.69 Å². The fourth-order valence-corrected chi connectivity index (χ4v) is 4.76. The van der Waals surface area contributed by atoms with Crippen molar-refractivity contribution in [2.45, 2.75) is 32.2 Å². The molecule has 3 rings (SSSR count). The molecule has 0 saturated carbocycles. The fraction of sp³-hybridized carbons (Fsp3) is 0.412. The highest BCUT2D eigenvalue weighted by Gasteiger charge is 2.32. The van der Waals surface area contributed by atoms with E-state index in [2.05, 4.69) is 10.4 Å². The SMILES string of the molecule is CC(C)c1cc(C(=O)Nc2ccc(Cl)cc2)nn1[C@H]1CCS(=O)(=O)C1. The number of carbonyl (C=O) groups is 1. The average Bonchev–Trinajstić information content (AvgIpc) is 3.13. The lowest BCUT2D eigenvalue weighted by Crippen LogP contribution is -2.17. The number of hydrogen-bond donors (Lipinski definition) is 1. The molecule has 0 spiro atoms. The molecule has 6 nitrogen and oxygen atoms in total. The van der Waals surface area contributed by atoms with Gasteiger partial charge in [-0.25, -0.2) is 8.42 Å². The van der Waals surface area contributed by atoms with Crippen molar-refractivity contribution >= 4 is 33.0 Å². The van der Waals surface area contributed by atoms with Crippen LogP contribution in [0.2, 0.25) is 5.02 Å². The number of nitrogens with zero attached hydrogens (tertiary/aromatic N) is 2. The Kier molecular flexibility index (Phi) is 4.88. The van der Waals surface area contributed by atoms with Crippen molar-refractivity contribution in [2.75, 3.05) is 16.8 Å². The maximum atomic E-state index is 12.5. The number of nitrogens with one attached hydrogen (secondary N) is 1. The normalized spacial score (nSPS) is 19.3. The molecule has 1 saturated heterocycles. The van der Waals surface area contributed by atoms with Crippen LogP contribution in [0.3, 0.4) is 0 Å². The molecule has 134 valence electrons. The molecule has 2 aromatic rings. The standard InChI is InChI=1S/C17H20ClN3O3S/c1-11(2)16-9-15(17(22)19-13-5-3-12(18)4-6-13)20-21(16)14-7-8-25(23,24)10-14/h3-6,9,11,14H,7-8,10H2,1-2H3,(H,19,22)/t14-/m0/s1. The number of halogens is 1. The summed E-state index contributed by atoms with van der Waals surface area (Å²) < 4.78 is 25.3. The first kappa shape index (κ1) is 17.9. The molecule has 0 radical (unpaired) electrons. The van der Waals surface area contributed by atoms with Crippen molar-refractivity contribution in [2.24, 2.45) is 0 Å². The smallest absolute Gasteiger partial charge is 0.276 e. The van der Waals surface area contributed by atoms with E-state index >= 15 is 0 Å². The highest BCUT2D eigenvalue weighted by atomic mass is 35.5. The predicted molar refractivity (Wildman–Crippen MR) is 98.0 cm³/mol. The number of sulfone groups is 1. The van der Waals surface area contributed by atoms with Gasteiger partial charge in [0.15, 0.2) is 15.5 Å². The molecule has 1 aliphatic rings. The van der Waals surface area contributed by atoms with E-state index in [4.69, 9.17) is 11.6 Å². The second kappa shape index (κ2) is 6.80. The summed E-state index contributed by atoms with van der Waals surface area (Å²) in [5.74, 6) is 0.0466. The molecule has 25 heavy (non-hydrogen) atoms. The van der Waals surface area contributed by atoms with Gasteiger partial charge in [-0.2, -0.15) is 5.10 Å². The first-order valence-corrected chi connectivity index (χ1v) is 10.3. The van der Waals surface area contributed by atoms with Gasteiger partial charge < -0.3 is 5.32 Å². The number of carbonyl (C=O) groups excluding carboxylic acids is 1. The van der Waals surface area contributed by atoms with Crippen LogP contribution in [0.25, 0.3) is 0 Å². The van der Waals surface area contributed by atoms with Crippen molar-refractivity contribution in [3.05, 3.63) is 46.7 Å². The van der Waals surface area contributed by atoms with Gasteiger partial charge in [-0.1, -0.05) is 25.4 Å². The first-order chi connectivity index (χ1) is 11.7. The van der Waals surface area contributed by atoms with Crippen LogP contribution in [-0.2, 0) is 9.84 Å². The van der Waals surface area contributed by atoms with Crippen LogP contribution < -0.4 is 5.32 Å². The Morgan fingerprint density at radius 1 is 1.32 bits per heavy atom. The third kappa shape index (κ3) is 4.04. The van der Waals surface area contributed by atoms with Gasteiger partial charge in [-0.05, 0) is 42.7 Å². The summed E-state index contributed by atoms with van der Waals surface area (Å²) in [5.41, 5.74) is 1.77. The number of benzene rings is 1. The monoisotopic (exact) mass is 381 g/mol. The molecule has 0 unspecified atom stereocenters. The quantitative estimate of drug-likeness (QED) is 0.881. The van der Waals surface area contributed by atoms with Gasteiger partial charge in [0, 0.05) is 16.4 Å². The summed E-state index contributed by atoms with van der Waals surface area (Å²) >= 11 is 5.84. The molecule has 1 aromatic heterocycles. The van der Waals surface area contributed by atoms with E-state index in [-0.39, 0.29) is 35.1 Å². The molecule has 1 aliphatic heterocycles. The molecule has 1 fully saturated rings. The van der Waals surface area contributed by atoms with Crippen molar-refractivity contribution in [3.63, 3.8) is 0 Å². The topological polar surface area (TPSA) is 81.1 Å². The molecular weight excluding hydrogens is 362 g/mol. The summed E-state index contributed by atoms with van der Waals surface area (Å²) in [4.78, 5) is 12.5. The fourth-order valence-electron chi connectivity index (χ4n) is 2.94. The zero-order chi connectivity index (χ0) is 18.2. The summed E-state index contributed by atoms with van der Waals surface area (Å²) in [6, 6.07) is 8.34. The van der Waals surface area contributed by atoms with E-state index in [1.165, 1.54) is 0 Å². The molecule has 1 N–H and O–H groups in total. The average molecular weight is 382 g/mol. The molecule has 1 amide bonds. The maximum Gasteiger partial charge on any atom is 0.276 e. The minimum atomic E-state index is -3.02. The highest BCUT2D eigenvalue weighted by molar-refractivity contribution is 7.91. The highest BCUT2D eigenvalue weighted by Crippen LogP contribution is 2.28. The van der Waals surface area contributed by atoms with Crippen LogP contribution in [0.1, 0.15) is 48.4 Å². The van der Waals surface area contributed by atoms with E-state index in [1.807, 2.05) is 13.8 Å². The third-order valence-corrected chi connectivity index (χ3v) is 6.25. The van der Waals surface area contributed by atoms with Gasteiger partial charge in [0.2, 0.25) is 0 Å². The molecular formula is C17H20ClN3O3S. The Bertz CT molecular complexity index is 888. The molecule has 8 heteroatoms. The second-order valence-electron chi connectivity index (χ2n) is 6.57. The number of anilines is 1. The van der Waals surface area contributed by atoms with Gasteiger partial charge in [-0.15, -0.1) is 0 Å². The van der Waals surface area contributed by atoms with E-state index in [9.17, 15) is 13.2 Å². The number of amides is 1. The third-order valence-electron chi connectivity index (χ3n) is 4.25. The molecule has 1 aromatic carbocycles. The van der Waals surface area contributed by atoms with Crippen LogP contribution in [0, 0.1) is 0 Å². The van der Waals surface area contributed by atoms with Crippen LogP contribution >= 0.6 is 11.6 Å². The number of rotatable bonds is 4. The van der Waals surface area contributed by atoms with E-state index in [0.29, 0.717) is 17.1 Å². The molecule has 2 heterocycles. The number of aromatic nitrogens is 2. The molecule has 0 aliphatic carbocycles. The van der Waals surface area contributed by atoms with Crippen LogP contribution in [-0.4, -0.2) is 35.6 Å². The van der Waals surface area contributed by atoms with E-state index in [1.54, 1.807) is 35.0 Å². The van der Waals surface area contributed by atoms with Crippen LogP contribution in [0.4, 0.5) is 5.69 Å². The Labute approximate surface area is 152 Å². The van der Waals surface area contributed by atoms with E-state index < -0.39 is 9.84 Å². The Morgan fingerprint density at radius 3 is 2.56 bits per heavy atom. The van der Waals surface area contributed by atoms with Crippen molar-refractivity contribution in [3.8, 4) is 0 Å². The van der Waals surface area contributed by atoms with Gasteiger partial charge in [0.05, 0.1) is 17.5 Å². The summed E-state index contributed by atoms with van der Waals surface area (Å²) in [7, 11) is -3.02. The van der Waals surface area contributed by atoms with Crippen molar-refractivity contribution in [1.29, 1.82) is 0 Å². The lowest BCUT2D eigenvalue weighted by Gasteiger charge is -2.15. The Morgan fingerprint density at radius 2 is 2.00 bits per heavy atom. The predicted octanol–water partition coefficient (Wildman–Crippen LogP) is 3.27. The molecule has 1 atom stereocenters. The summed E-state index contributed by atoms with van der Waals surface area (Å²) in [6.07, 6.45) is 0.530. The Balaban J connectivity index is 1.86. The van der Waals surface area contributed by atoms with Crippen molar-refractivity contribution in [1.82, 2.24) is 9.78 Å². The van der Waals surface area contributed by atoms with Crippen molar-refractivity contribution < 1.29 is 13.2 Å². The zero-order valence-electron chi connectivity index (χ0n) is 14.1. The van der Waals surface area contributed by atoms with Crippen LogP contribution in [0.5, 0.6) is 0 Å². The zero-order valence-corrected chi connectivity index (χ0v) is 15.6. The number of hydrogen-bond acceptors (Lipinski definition) is 4. The lowest BCUT2D eigenvalue weighted by atomic mass is 10.1. The Hall–Kier alpha value is -1.86. The largest absolute Gasteiger partial charge is 0.321 e. The first-order valence-electron chi connectivity index (χ1n) is 8.12. The van der Waals surface area contributed by atoms with Crippen LogP contribution in [0.15, 0.2) is 30.3 Å². The van der Waals surface area contributed by atoms with Gasteiger partial charge in [0.25, 0.3) is 5.91 Å². The minimum absolute atomic E-state index is 0.0760. The molecule has 0 bridgehead atoms. The summed E-state index contributed by atoms with van der Waals surface area (Å²) in [6.45, 7) is 4.00. The van der Waals surface area contributed by atoms with Gasteiger partial charge in [-0.3, -0.25) is 9.48 Å². The summed E-state index contributed by atoms with van der Waals surface area (Å²) in [5, 5.41) is 7.78. The second-order valence-corrected chi connectivity index (χ2v) is 9.24. The minimum Gasteiger partial charge on any atom is -0.321 e. The lowest BCUT2D eigenvalue weighted by molar-refractivity contribution is 0.102. The van der Waals surface area contributed by atoms with Gasteiger partial charge in [0.1, 0.15) is 0 Å².